The Hall–Kier alpha value is -2.06. The van der Waals surface area contributed by atoms with E-state index in [1.165, 1.54) is 4.31 Å². The Bertz CT molecular complexity index is 919. The summed E-state index contributed by atoms with van der Waals surface area (Å²) < 4.78 is 25.3. The molecule has 0 unspecified atom stereocenters. The van der Waals surface area contributed by atoms with Crippen molar-refractivity contribution in [2.24, 2.45) is 0 Å². The number of amides is 1. The first-order valence-electron chi connectivity index (χ1n) is 8.34. The lowest BCUT2D eigenvalue weighted by molar-refractivity contribution is 0.0698. The largest absolute Gasteiger partial charge is 0.336 e. The van der Waals surface area contributed by atoms with Crippen LogP contribution in [0.25, 0.3) is 11.0 Å². The molecule has 25 heavy (non-hydrogen) atoms. The van der Waals surface area contributed by atoms with Crippen molar-refractivity contribution in [1.82, 2.24) is 19.2 Å². The van der Waals surface area contributed by atoms with E-state index in [0.717, 1.165) is 16.9 Å². The maximum absolute atomic E-state index is 12.7. The van der Waals surface area contributed by atoms with Crippen LogP contribution in [0.4, 0.5) is 0 Å². The van der Waals surface area contributed by atoms with Crippen LogP contribution >= 0.6 is 0 Å². The summed E-state index contributed by atoms with van der Waals surface area (Å²) in [5, 5.41) is 0. The van der Waals surface area contributed by atoms with Gasteiger partial charge in [-0.25, -0.2) is 18.4 Å². The minimum Gasteiger partial charge on any atom is -0.336 e. The number of carbonyl (C=O) groups excluding carboxylic acids is 1. The zero-order valence-electron chi connectivity index (χ0n) is 14.7. The van der Waals surface area contributed by atoms with E-state index in [1.807, 2.05) is 13.8 Å². The van der Waals surface area contributed by atoms with Crippen LogP contribution < -0.4 is 0 Å². The van der Waals surface area contributed by atoms with Gasteiger partial charge in [0.15, 0.2) is 0 Å². The predicted molar refractivity (Wildman–Crippen MR) is 95.9 cm³/mol. The van der Waals surface area contributed by atoms with Gasteiger partial charge >= 0.3 is 0 Å². The van der Waals surface area contributed by atoms with Crippen molar-refractivity contribution in [2.45, 2.75) is 20.8 Å². The van der Waals surface area contributed by atoms with E-state index < -0.39 is 10.0 Å². The molecule has 1 aromatic heterocycles. The Labute approximate surface area is 147 Å². The third kappa shape index (κ3) is 3.50. The van der Waals surface area contributed by atoms with Gasteiger partial charge in [0.05, 0.1) is 28.2 Å². The third-order valence-electron chi connectivity index (χ3n) is 4.61. The van der Waals surface area contributed by atoms with Crippen LogP contribution in [0.3, 0.4) is 0 Å². The molecule has 1 amide bonds. The molecule has 2 heterocycles. The zero-order chi connectivity index (χ0) is 18.2. The molecule has 0 N–H and O–H groups in total. The van der Waals surface area contributed by atoms with Gasteiger partial charge < -0.3 is 4.90 Å². The molecule has 3 rings (SSSR count). The third-order valence-corrected chi connectivity index (χ3v) is 6.49. The van der Waals surface area contributed by atoms with Crippen LogP contribution in [0.15, 0.2) is 18.2 Å². The van der Waals surface area contributed by atoms with Gasteiger partial charge in [0.25, 0.3) is 5.91 Å². The van der Waals surface area contributed by atoms with E-state index in [9.17, 15) is 13.2 Å². The lowest BCUT2D eigenvalue weighted by Crippen LogP contribution is -2.50. The number of hydrogen-bond donors (Lipinski definition) is 0. The Morgan fingerprint density at radius 3 is 2.24 bits per heavy atom. The average Bonchev–Trinajstić information content (AvgIpc) is 2.62. The number of aryl methyl sites for hydroxylation is 2. The summed E-state index contributed by atoms with van der Waals surface area (Å²) in [5.41, 5.74) is 3.73. The Morgan fingerprint density at radius 1 is 1.04 bits per heavy atom. The van der Waals surface area contributed by atoms with Crippen molar-refractivity contribution in [3.05, 3.63) is 35.2 Å². The Kier molecular flexibility index (Phi) is 4.75. The van der Waals surface area contributed by atoms with Gasteiger partial charge in [-0.05, 0) is 39.0 Å². The van der Waals surface area contributed by atoms with Crippen molar-refractivity contribution in [3.63, 3.8) is 0 Å². The highest BCUT2D eigenvalue weighted by atomic mass is 32.2. The first-order valence-corrected chi connectivity index (χ1v) is 9.95. The predicted octanol–water partition coefficient (Wildman–Crippen LogP) is 1.35. The fourth-order valence-electron chi connectivity index (χ4n) is 2.90. The number of hydrogen-bond acceptors (Lipinski definition) is 5. The lowest BCUT2D eigenvalue weighted by Gasteiger charge is -2.33. The molecule has 1 saturated heterocycles. The van der Waals surface area contributed by atoms with Gasteiger partial charge in [-0.2, -0.15) is 4.31 Å². The quantitative estimate of drug-likeness (QED) is 0.823. The number of aromatic nitrogens is 2. The Balaban J connectivity index is 1.78. The summed E-state index contributed by atoms with van der Waals surface area (Å²) in [6.45, 7) is 6.91. The molecule has 0 aliphatic carbocycles. The normalized spacial score (nSPS) is 16.4. The number of nitrogens with zero attached hydrogens (tertiary/aromatic N) is 4. The topological polar surface area (TPSA) is 83.5 Å². The van der Waals surface area contributed by atoms with Crippen LogP contribution in [0.2, 0.25) is 0 Å². The van der Waals surface area contributed by atoms with Gasteiger partial charge in [-0.15, -0.1) is 0 Å². The van der Waals surface area contributed by atoms with Gasteiger partial charge in [0.1, 0.15) is 0 Å². The molecule has 134 valence electrons. The van der Waals surface area contributed by atoms with Crippen LogP contribution in [0.1, 0.15) is 28.7 Å². The van der Waals surface area contributed by atoms with Gasteiger partial charge in [0.2, 0.25) is 10.0 Å². The zero-order valence-corrected chi connectivity index (χ0v) is 15.5. The van der Waals surface area contributed by atoms with E-state index in [4.69, 9.17) is 0 Å². The lowest BCUT2D eigenvalue weighted by atomic mass is 10.1. The highest BCUT2D eigenvalue weighted by Gasteiger charge is 2.28. The fraction of sp³-hybridized carbons (Fsp3) is 0.471. The van der Waals surface area contributed by atoms with E-state index in [1.54, 1.807) is 30.0 Å². The number of benzene rings is 1. The monoisotopic (exact) mass is 362 g/mol. The number of sulfonamides is 1. The fourth-order valence-corrected chi connectivity index (χ4v) is 3.98. The molecule has 1 fully saturated rings. The van der Waals surface area contributed by atoms with Gasteiger partial charge in [0, 0.05) is 31.7 Å². The number of rotatable bonds is 3. The van der Waals surface area contributed by atoms with Crippen LogP contribution in [-0.2, 0) is 10.0 Å². The van der Waals surface area contributed by atoms with Crippen LogP contribution in [0, 0.1) is 13.8 Å². The van der Waals surface area contributed by atoms with E-state index in [2.05, 4.69) is 9.97 Å². The smallest absolute Gasteiger partial charge is 0.254 e. The number of fused-ring (bicyclic) bond motifs is 1. The summed E-state index contributed by atoms with van der Waals surface area (Å²) in [4.78, 5) is 23.4. The molecular formula is C17H22N4O3S. The van der Waals surface area contributed by atoms with Crippen molar-refractivity contribution in [1.29, 1.82) is 0 Å². The van der Waals surface area contributed by atoms with Crippen molar-refractivity contribution in [2.75, 3.05) is 31.9 Å². The van der Waals surface area contributed by atoms with Gasteiger partial charge in [-0.3, -0.25) is 4.79 Å². The minimum atomic E-state index is -3.20. The molecule has 1 aromatic carbocycles. The first kappa shape index (κ1) is 17.8. The van der Waals surface area contributed by atoms with Crippen molar-refractivity contribution >= 4 is 27.0 Å². The summed E-state index contributed by atoms with van der Waals surface area (Å²) in [5.74, 6) is -0.0150. The minimum absolute atomic E-state index is 0.0864. The maximum Gasteiger partial charge on any atom is 0.254 e. The molecule has 7 nitrogen and oxygen atoms in total. The highest BCUT2D eigenvalue weighted by Crippen LogP contribution is 2.17. The molecule has 1 aliphatic heterocycles. The summed E-state index contributed by atoms with van der Waals surface area (Å²) in [6, 6.07) is 5.31. The number of carbonyl (C=O) groups is 1. The molecular weight excluding hydrogens is 340 g/mol. The first-order chi connectivity index (χ1) is 11.8. The maximum atomic E-state index is 12.7. The second-order valence-electron chi connectivity index (χ2n) is 6.19. The van der Waals surface area contributed by atoms with Crippen LogP contribution in [-0.4, -0.2) is 65.4 Å². The molecule has 0 spiro atoms. The second-order valence-corrected chi connectivity index (χ2v) is 8.45. The van der Waals surface area contributed by atoms with E-state index in [-0.39, 0.29) is 11.7 Å². The molecule has 0 atom stereocenters. The molecule has 1 aliphatic rings. The number of piperazine rings is 1. The van der Waals surface area contributed by atoms with E-state index in [0.29, 0.717) is 37.3 Å². The standard InChI is InChI=1S/C17H22N4O3S/c1-4-25(23,24)21-9-7-20(8-10-21)17(22)14-5-6-15-16(11-14)19-13(3)12(2)18-15/h5-6,11H,4,7-10H2,1-3H3. The summed E-state index contributed by atoms with van der Waals surface area (Å²) >= 11 is 0. The van der Waals surface area contributed by atoms with Gasteiger partial charge in [-0.1, -0.05) is 0 Å². The van der Waals surface area contributed by atoms with Crippen molar-refractivity contribution < 1.29 is 13.2 Å². The molecule has 8 heteroatoms. The summed E-state index contributed by atoms with van der Waals surface area (Å²) in [6.07, 6.45) is 0. The SMILES string of the molecule is CCS(=O)(=O)N1CCN(C(=O)c2ccc3nc(C)c(C)nc3c2)CC1. The van der Waals surface area contributed by atoms with Crippen LogP contribution in [0.5, 0.6) is 0 Å². The highest BCUT2D eigenvalue weighted by molar-refractivity contribution is 7.89. The average molecular weight is 362 g/mol. The summed E-state index contributed by atoms with van der Waals surface area (Å²) in [7, 11) is -3.20. The molecule has 0 radical (unpaired) electrons. The second kappa shape index (κ2) is 6.68. The van der Waals surface area contributed by atoms with E-state index >= 15 is 0 Å². The van der Waals surface area contributed by atoms with Crippen molar-refractivity contribution in [3.8, 4) is 0 Å². The molecule has 0 saturated carbocycles. The Morgan fingerprint density at radius 2 is 1.64 bits per heavy atom. The molecule has 2 aromatic rings. The molecule has 0 bridgehead atoms.